The molecule has 2 heterocycles. The number of fused-ring (bicyclic) bond motifs is 3. The first-order valence-electron chi connectivity index (χ1n) is 11.8. The van der Waals surface area contributed by atoms with Gasteiger partial charge in [-0.1, -0.05) is 18.7 Å². The molecule has 1 atom stereocenters. The second-order valence-corrected chi connectivity index (χ2v) is 9.18. The molecule has 4 aromatic rings. The van der Waals surface area contributed by atoms with Gasteiger partial charge in [0.2, 0.25) is 11.2 Å². The van der Waals surface area contributed by atoms with Gasteiger partial charge in [-0.2, -0.15) is 0 Å². The number of hydrogen-bond acceptors (Lipinski definition) is 10. The summed E-state index contributed by atoms with van der Waals surface area (Å²) in [6.45, 7) is 5.83. The highest BCUT2D eigenvalue weighted by Crippen LogP contribution is 2.50. The number of methoxy groups -OCH3 is 1. The fourth-order valence-electron chi connectivity index (χ4n) is 4.63. The zero-order valence-corrected chi connectivity index (χ0v) is 21.0. The lowest BCUT2D eigenvalue weighted by Crippen LogP contribution is -2.22. The van der Waals surface area contributed by atoms with Crippen LogP contribution in [0.15, 0.2) is 63.8 Å². The molecule has 0 spiro atoms. The SMILES string of the molecule is C=C(C)COc1c(OC)cccc1C1CC(=O)Oc2cc(O)c3c(=O)c(O)c(-c4ccc(O)c(O)c4)oc3c21. The van der Waals surface area contributed by atoms with Gasteiger partial charge in [0.05, 0.1) is 13.5 Å². The van der Waals surface area contributed by atoms with Gasteiger partial charge in [-0.05, 0) is 36.8 Å². The Kier molecular flexibility index (Phi) is 6.31. The average molecular weight is 533 g/mol. The van der Waals surface area contributed by atoms with E-state index in [1.807, 2.05) is 0 Å². The van der Waals surface area contributed by atoms with Crippen LogP contribution in [0.25, 0.3) is 22.3 Å². The van der Waals surface area contributed by atoms with Crippen LogP contribution in [0.4, 0.5) is 0 Å². The number of esters is 1. The van der Waals surface area contributed by atoms with Crippen molar-refractivity contribution in [1.82, 2.24) is 0 Å². The zero-order valence-electron chi connectivity index (χ0n) is 21.0. The standard InChI is InChI=1S/C29H24O10/c1-13(2)12-37-28-15(5-4-6-20(28)36-3)16-10-22(33)38-21-11-19(32)24-25(34)26(35)27(39-29(24)23(16)21)14-7-8-17(30)18(31)9-14/h4-9,11,16,30-32,35H,1,10,12H2,2-3H3. The molecule has 1 aliphatic heterocycles. The molecule has 5 rings (SSSR count). The summed E-state index contributed by atoms with van der Waals surface area (Å²) >= 11 is 0. The highest BCUT2D eigenvalue weighted by Gasteiger charge is 2.36. The number of carbonyl (C=O) groups is 1. The van der Waals surface area contributed by atoms with Gasteiger partial charge in [0.25, 0.3) is 0 Å². The largest absolute Gasteiger partial charge is 0.507 e. The summed E-state index contributed by atoms with van der Waals surface area (Å²) in [5, 5.41) is 40.8. The van der Waals surface area contributed by atoms with Crippen molar-refractivity contribution in [2.24, 2.45) is 0 Å². The molecule has 0 radical (unpaired) electrons. The predicted octanol–water partition coefficient (Wildman–Crippen LogP) is 4.69. The number of aromatic hydroxyl groups is 4. The van der Waals surface area contributed by atoms with E-state index in [2.05, 4.69) is 6.58 Å². The molecule has 1 aromatic heterocycles. The Labute approximate surface area is 221 Å². The second-order valence-electron chi connectivity index (χ2n) is 9.18. The Balaban J connectivity index is 1.83. The molecule has 0 bridgehead atoms. The lowest BCUT2D eigenvalue weighted by Gasteiger charge is -2.28. The number of para-hydroxylation sites is 1. The van der Waals surface area contributed by atoms with Gasteiger partial charge in [0, 0.05) is 28.7 Å². The zero-order chi connectivity index (χ0) is 28.0. The van der Waals surface area contributed by atoms with Crippen LogP contribution in [0.2, 0.25) is 0 Å². The molecule has 200 valence electrons. The molecule has 4 N–H and O–H groups in total. The van der Waals surface area contributed by atoms with Gasteiger partial charge in [-0.3, -0.25) is 9.59 Å². The van der Waals surface area contributed by atoms with Crippen molar-refractivity contribution in [2.75, 3.05) is 13.7 Å². The number of carbonyl (C=O) groups excluding carboxylic acids is 1. The van der Waals surface area contributed by atoms with Crippen LogP contribution in [0.1, 0.15) is 30.4 Å². The summed E-state index contributed by atoms with van der Waals surface area (Å²) in [5.41, 5.74) is 0.530. The molecule has 10 heteroatoms. The van der Waals surface area contributed by atoms with Crippen LogP contribution < -0.4 is 19.6 Å². The fourth-order valence-corrected chi connectivity index (χ4v) is 4.63. The third-order valence-corrected chi connectivity index (χ3v) is 6.37. The van der Waals surface area contributed by atoms with Crippen LogP contribution in [0, 0.1) is 0 Å². The van der Waals surface area contributed by atoms with E-state index in [9.17, 15) is 30.0 Å². The van der Waals surface area contributed by atoms with Crippen LogP contribution in [0.3, 0.4) is 0 Å². The maximum Gasteiger partial charge on any atom is 0.312 e. The molecular weight excluding hydrogens is 508 g/mol. The minimum atomic E-state index is -0.945. The van der Waals surface area contributed by atoms with Crippen molar-refractivity contribution in [3.8, 4) is 51.6 Å². The van der Waals surface area contributed by atoms with Gasteiger partial charge < -0.3 is 39.1 Å². The molecule has 10 nitrogen and oxygen atoms in total. The maximum atomic E-state index is 13.3. The minimum Gasteiger partial charge on any atom is -0.507 e. The summed E-state index contributed by atoms with van der Waals surface area (Å²) < 4.78 is 23.0. The first-order chi connectivity index (χ1) is 18.6. The molecule has 39 heavy (non-hydrogen) atoms. The second kappa shape index (κ2) is 9.64. The molecule has 0 aliphatic carbocycles. The van der Waals surface area contributed by atoms with Crippen molar-refractivity contribution in [3.63, 3.8) is 0 Å². The number of phenols is 3. The highest BCUT2D eigenvalue weighted by molar-refractivity contribution is 5.94. The van der Waals surface area contributed by atoms with Gasteiger partial charge in [-0.15, -0.1) is 0 Å². The Bertz CT molecular complexity index is 1720. The summed E-state index contributed by atoms with van der Waals surface area (Å²) in [4.78, 5) is 26.0. The number of hydrogen-bond donors (Lipinski definition) is 4. The van der Waals surface area contributed by atoms with Crippen LogP contribution >= 0.6 is 0 Å². The predicted molar refractivity (Wildman–Crippen MR) is 140 cm³/mol. The first kappa shape index (κ1) is 25.5. The molecule has 0 saturated carbocycles. The molecule has 1 unspecified atom stereocenters. The Hall–Kier alpha value is -5.12. The minimum absolute atomic E-state index is 0.0386. The normalized spacial score (nSPS) is 14.5. The van der Waals surface area contributed by atoms with Crippen LogP contribution in [-0.2, 0) is 4.79 Å². The van der Waals surface area contributed by atoms with E-state index in [1.165, 1.54) is 13.2 Å². The van der Waals surface area contributed by atoms with Gasteiger partial charge in [-0.25, -0.2) is 0 Å². The van der Waals surface area contributed by atoms with Gasteiger partial charge in [0.15, 0.2) is 28.8 Å². The van der Waals surface area contributed by atoms with E-state index in [0.29, 0.717) is 17.1 Å². The third-order valence-electron chi connectivity index (χ3n) is 6.37. The lowest BCUT2D eigenvalue weighted by molar-refractivity contribution is -0.135. The fraction of sp³-hybridized carbons (Fsp3) is 0.172. The number of benzene rings is 3. The number of phenolic OH excluding ortho intramolecular Hbond substituents is 3. The quantitative estimate of drug-likeness (QED) is 0.119. The van der Waals surface area contributed by atoms with Crippen molar-refractivity contribution in [3.05, 3.63) is 76.0 Å². The molecule has 0 saturated heterocycles. The van der Waals surface area contributed by atoms with E-state index >= 15 is 0 Å². The molecule has 3 aromatic carbocycles. The smallest absolute Gasteiger partial charge is 0.312 e. The molecule has 0 amide bonds. The van der Waals surface area contributed by atoms with Gasteiger partial charge >= 0.3 is 5.97 Å². The van der Waals surface area contributed by atoms with E-state index in [0.717, 1.165) is 23.8 Å². The number of rotatable bonds is 6. The summed E-state index contributed by atoms with van der Waals surface area (Å²) in [5.74, 6) is -3.28. The number of ether oxygens (including phenoxy) is 3. The molecule has 0 fully saturated rings. The van der Waals surface area contributed by atoms with Crippen molar-refractivity contribution in [1.29, 1.82) is 0 Å². The first-order valence-corrected chi connectivity index (χ1v) is 11.8. The average Bonchev–Trinajstić information content (AvgIpc) is 2.89. The van der Waals surface area contributed by atoms with E-state index in [1.54, 1.807) is 25.1 Å². The van der Waals surface area contributed by atoms with Crippen LogP contribution in [0.5, 0.6) is 40.2 Å². The van der Waals surface area contributed by atoms with Crippen molar-refractivity contribution < 1.29 is 43.8 Å². The lowest BCUT2D eigenvalue weighted by atomic mass is 9.84. The van der Waals surface area contributed by atoms with Crippen molar-refractivity contribution in [2.45, 2.75) is 19.3 Å². The van der Waals surface area contributed by atoms with E-state index in [-0.39, 0.29) is 46.6 Å². The molecular formula is C29H24O10. The monoisotopic (exact) mass is 532 g/mol. The maximum absolute atomic E-state index is 13.3. The highest BCUT2D eigenvalue weighted by atomic mass is 16.5. The summed E-state index contributed by atoms with van der Waals surface area (Å²) in [7, 11) is 1.48. The van der Waals surface area contributed by atoms with Gasteiger partial charge in [0.1, 0.15) is 29.1 Å². The van der Waals surface area contributed by atoms with E-state index in [4.69, 9.17) is 18.6 Å². The van der Waals surface area contributed by atoms with E-state index < -0.39 is 40.3 Å². The Morgan fingerprint density at radius 2 is 1.82 bits per heavy atom. The summed E-state index contributed by atoms with van der Waals surface area (Å²) in [6, 6.07) is 9.88. The Morgan fingerprint density at radius 1 is 1.05 bits per heavy atom. The molecule has 1 aliphatic rings. The topological polar surface area (TPSA) is 156 Å². The Morgan fingerprint density at radius 3 is 2.51 bits per heavy atom. The summed E-state index contributed by atoms with van der Waals surface area (Å²) in [6.07, 6.45) is -0.163. The van der Waals surface area contributed by atoms with Crippen LogP contribution in [-0.4, -0.2) is 40.1 Å². The van der Waals surface area contributed by atoms with Crippen molar-refractivity contribution >= 4 is 16.9 Å². The third kappa shape index (κ3) is 4.35.